The molecule has 4 aromatic heterocycles. The largest absolute Gasteiger partial charge is 0.478 e. The maximum absolute atomic E-state index is 13.3. The molecule has 4 N–H and O–H groups in total. The van der Waals surface area contributed by atoms with Crippen molar-refractivity contribution in [2.24, 2.45) is 0 Å². The molecule has 0 saturated carbocycles. The fourth-order valence-electron chi connectivity index (χ4n) is 12.2. The van der Waals surface area contributed by atoms with Gasteiger partial charge >= 0.3 is 5.97 Å². The second-order valence-electron chi connectivity index (χ2n) is 25.2. The summed E-state index contributed by atoms with van der Waals surface area (Å²) >= 11 is 0. The van der Waals surface area contributed by atoms with Crippen LogP contribution < -0.4 is 11.1 Å². The summed E-state index contributed by atoms with van der Waals surface area (Å²) in [7, 11) is -12.3. The van der Waals surface area contributed by atoms with E-state index in [4.69, 9.17) is 10.8 Å². The van der Waals surface area contributed by atoms with Crippen LogP contribution in [0.25, 0.3) is 68.8 Å². The molecule has 0 fully saturated rings. The van der Waals surface area contributed by atoms with E-state index in [0.29, 0.717) is 62.4 Å². The van der Waals surface area contributed by atoms with Gasteiger partial charge in [-0.15, -0.1) is 0 Å². The van der Waals surface area contributed by atoms with Gasteiger partial charge in [-0.1, -0.05) is 121 Å². The van der Waals surface area contributed by atoms with E-state index < -0.39 is 92.3 Å². The van der Waals surface area contributed by atoms with E-state index in [-0.39, 0.29) is 76.9 Å². The van der Waals surface area contributed by atoms with Crippen molar-refractivity contribution in [3.8, 4) is 44.5 Å². The molecule has 4 aliphatic carbocycles. The Kier molecular flexibility index (Phi) is 21.5. The topological polar surface area (TPSA) is 388 Å². The lowest BCUT2D eigenvalue weighted by atomic mass is 9.94. The van der Waals surface area contributed by atoms with E-state index in [1.807, 2.05) is 12.1 Å². The third-order valence-electron chi connectivity index (χ3n) is 17.7. The highest BCUT2D eigenvalue weighted by Gasteiger charge is 2.37. The molecule has 30 heteroatoms. The molecule has 0 saturated heterocycles. The summed E-state index contributed by atoms with van der Waals surface area (Å²) in [5, 5.41) is 11.6. The Labute approximate surface area is 634 Å². The highest BCUT2D eigenvalue weighted by Crippen LogP contribution is 2.39. The number of carbonyl (C=O) groups excluding carboxylic acids is 9. The summed E-state index contributed by atoms with van der Waals surface area (Å²) in [6.07, 6.45) is 15.2. The average molecular weight is 1560 g/mol. The van der Waals surface area contributed by atoms with E-state index in [1.54, 1.807) is 128 Å². The molecule has 0 aliphatic heterocycles. The minimum absolute atomic E-state index is 0.0215. The first kappa shape index (κ1) is 77.1. The van der Waals surface area contributed by atoms with E-state index >= 15 is 0 Å². The monoisotopic (exact) mass is 1560 g/mol. The van der Waals surface area contributed by atoms with Gasteiger partial charge in [-0.3, -0.25) is 43.2 Å². The lowest BCUT2D eigenvalue weighted by Crippen LogP contribution is -2.27. The van der Waals surface area contributed by atoms with Crippen LogP contribution in [0.2, 0.25) is 0 Å². The summed E-state index contributed by atoms with van der Waals surface area (Å²) in [6, 6.07) is 51.6. The highest BCUT2D eigenvalue weighted by molar-refractivity contribution is 7.90. The molecular formula is C81H61N7O19S4. The molecule has 558 valence electrons. The first-order valence-corrected chi connectivity index (χ1v) is 39.2. The number of nitrogen functional groups attached to an aromatic ring is 1. The molecule has 4 heterocycles. The van der Waals surface area contributed by atoms with Gasteiger partial charge in [0.25, 0.3) is 30.1 Å². The van der Waals surface area contributed by atoms with Gasteiger partial charge in [0.05, 0.1) is 71.0 Å². The summed E-state index contributed by atoms with van der Waals surface area (Å²) < 4.78 is 109. The molecule has 26 nitrogen and oxygen atoms in total. The van der Waals surface area contributed by atoms with E-state index in [2.05, 4.69) is 5.32 Å². The Hall–Kier alpha value is -13.5. The number of nitrogens with one attached hydrogen (secondary N) is 1. The Morgan fingerprint density at radius 1 is 0.378 bits per heavy atom. The normalized spacial score (nSPS) is 13.6. The van der Waals surface area contributed by atoms with Crippen LogP contribution in [0.3, 0.4) is 0 Å². The van der Waals surface area contributed by atoms with Crippen LogP contribution in [0, 0.1) is 0 Å². The predicted molar refractivity (Wildman–Crippen MR) is 413 cm³/mol. The van der Waals surface area contributed by atoms with Gasteiger partial charge in [-0.25, -0.2) is 54.4 Å². The molecule has 11 aromatic rings. The molecule has 0 atom stereocenters. The van der Waals surface area contributed by atoms with Gasteiger partial charge in [0, 0.05) is 71.9 Å². The van der Waals surface area contributed by atoms with Crippen molar-refractivity contribution in [1.29, 1.82) is 0 Å². The number of rotatable bonds is 16. The zero-order chi connectivity index (χ0) is 79.6. The summed E-state index contributed by atoms with van der Waals surface area (Å²) in [6.45, 7) is 1.71. The number of hydrogen-bond acceptors (Lipinski definition) is 20. The standard InChI is InChI=1S/C22H16N2O5S.C21H13NO6S.C20H14N2O4S.C18H18N2O4S/c1-14(25)23-16-7-9-17(10-8-16)30(28,29)24-13-18(15-5-3-2-4-6-15)21-19(24)11-12-20(26)22(21)27;23-18-11-10-17-19(20(18)24)16(13-4-2-1-3-5-13)12-22(17)29(27,28)15-8-6-14(7-9-15)21(25)26;21-14-6-8-15(9-7-14)27(25,26)22-12-16(13-4-2-1-3-5-13)19-17(22)10-11-18(23)20(19)24;1-19(2)10-11-25(23,24)20-12-14(13-6-4-3-5-7-13)17-15(20)8-9-16(21)18(17)22/h2-13H,1H3,(H,23,25);1-12H,(H,25,26);1-12H,21H2;3-9,12H,10-11H2,1-2H3. The number of allylic oxidation sites excluding steroid dienone is 4. The van der Waals surface area contributed by atoms with Crippen molar-refractivity contribution in [2.75, 3.05) is 37.4 Å². The SMILES string of the molecule is CC(=O)Nc1ccc(S(=O)(=O)n2cc(-c3ccccc3)c3c2C=CC(=O)C3=O)cc1.CN(C)CCS(=O)(=O)n1cc(-c2ccccc2)c2c1C=CC(=O)C2=O.Nc1ccc(S(=O)(=O)n2cc(-c3ccccc3)c3c2C=CC(=O)C3=O)cc1.O=C1C=Cc2c(c(-c3ccccc3)cn2S(=O)(=O)c2ccc(C(=O)O)cc2)C1=O. The molecule has 7 aromatic carbocycles. The Balaban J connectivity index is 0.000000138. The van der Waals surface area contributed by atoms with Gasteiger partial charge in [0.2, 0.25) is 62.2 Å². The predicted octanol–water partition coefficient (Wildman–Crippen LogP) is 10.4. The Morgan fingerprint density at radius 3 is 0.928 bits per heavy atom. The maximum Gasteiger partial charge on any atom is 0.335 e. The number of anilines is 2. The smallest absolute Gasteiger partial charge is 0.335 e. The van der Waals surface area contributed by atoms with Gasteiger partial charge < -0.3 is 21.1 Å². The summed E-state index contributed by atoms with van der Waals surface area (Å²) in [5.74, 6) is -7.23. The number of aromatic nitrogens is 4. The van der Waals surface area contributed by atoms with Crippen molar-refractivity contribution in [3.63, 3.8) is 0 Å². The second kappa shape index (κ2) is 31.0. The molecular weight excluding hydrogens is 1500 g/mol. The van der Waals surface area contributed by atoms with Crippen LogP contribution in [0.5, 0.6) is 0 Å². The molecule has 15 rings (SSSR count). The number of ketones is 8. The molecule has 0 bridgehead atoms. The lowest BCUT2D eigenvalue weighted by Gasteiger charge is -2.13. The van der Waals surface area contributed by atoms with Crippen molar-refractivity contribution in [1.82, 2.24) is 20.8 Å². The maximum atomic E-state index is 13.3. The molecule has 4 aliphatic rings. The number of carboxylic acid groups (broad SMARTS) is 1. The van der Waals surface area contributed by atoms with Crippen LogP contribution in [0.1, 0.15) is 81.5 Å². The van der Waals surface area contributed by atoms with Crippen molar-refractivity contribution in [3.05, 3.63) is 294 Å². The number of Topliss-reactive ketones (excluding diaryl/α,β-unsaturated/α-hetero) is 4. The Bertz CT molecular complexity index is 6330. The average Bonchev–Trinajstić information content (AvgIpc) is 1.62. The van der Waals surface area contributed by atoms with Gasteiger partial charge in [0.1, 0.15) is 0 Å². The number of carbonyl (C=O) groups is 10. The minimum atomic E-state index is -4.14. The molecule has 1 amide bonds. The molecule has 0 unspecified atom stereocenters. The summed E-state index contributed by atoms with van der Waals surface area (Å²) in [4.78, 5) is 121. The number of carboxylic acids is 1. The number of nitrogens with zero attached hydrogens (tertiary/aromatic N) is 5. The van der Waals surface area contributed by atoms with Crippen LogP contribution in [0.15, 0.2) is 258 Å². The number of aromatic carboxylic acids is 1. The van der Waals surface area contributed by atoms with Crippen LogP contribution in [-0.4, -0.2) is 144 Å². The number of amides is 1. The van der Waals surface area contributed by atoms with Crippen molar-refractivity contribution < 1.29 is 86.7 Å². The molecule has 0 radical (unpaired) electrons. The molecule has 111 heavy (non-hydrogen) atoms. The number of nitrogens with two attached hydrogens (primary N) is 1. The zero-order valence-electron chi connectivity index (χ0n) is 58.6. The fraction of sp³-hybridized carbons (Fsp3) is 0.0617. The lowest BCUT2D eigenvalue weighted by molar-refractivity contribution is -0.114. The highest BCUT2D eigenvalue weighted by atomic mass is 32.2. The van der Waals surface area contributed by atoms with Crippen molar-refractivity contribution in [2.45, 2.75) is 21.6 Å². The third kappa shape index (κ3) is 15.4. The van der Waals surface area contributed by atoms with E-state index in [0.717, 1.165) is 40.2 Å². The van der Waals surface area contributed by atoms with Gasteiger partial charge in [-0.05, 0) is 158 Å². The number of fused-ring (bicyclic) bond motifs is 4. The first-order valence-electron chi connectivity index (χ1n) is 33.3. The second-order valence-corrected chi connectivity index (χ2v) is 32.6. The minimum Gasteiger partial charge on any atom is -0.478 e. The Morgan fingerprint density at radius 2 is 0.649 bits per heavy atom. The third-order valence-corrected chi connectivity index (χ3v) is 24.3. The molecule has 0 spiro atoms. The zero-order valence-corrected chi connectivity index (χ0v) is 61.8. The quantitative estimate of drug-likeness (QED) is 0.0597. The summed E-state index contributed by atoms with van der Waals surface area (Å²) in [5.41, 5.74) is 11.5. The number of hydrogen-bond donors (Lipinski definition) is 3. The fourth-order valence-corrected chi connectivity index (χ4v) is 17.8. The van der Waals surface area contributed by atoms with Crippen LogP contribution >= 0.6 is 0 Å². The van der Waals surface area contributed by atoms with Gasteiger partial charge in [-0.2, -0.15) is 0 Å². The van der Waals surface area contributed by atoms with E-state index in [1.165, 1.54) is 129 Å². The van der Waals surface area contributed by atoms with Crippen molar-refractivity contribution >= 4 is 134 Å². The van der Waals surface area contributed by atoms with Crippen LogP contribution in [0.4, 0.5) is 11.4 Å². The van der Waals surface area contributed by atoms with Gasteiger partial charge in [0.15, 0.2) is 0 Å². The van der Waals surface area contributed by atoms with Crippen LogP contribution in [-0.2, 0) is 64.1 Å². The first-order chi connectivity index (χ1) is 52.8. The number of benzene rings is 7. The van der Waals surface area contributed by atoms with E-state index in [9.17, 15) is 81.6 Å².